The molecule has 1 unspecified atom stereocenters. The van der Waals surface area contributed by atoms with Gasteiger partial charge in [-0.3, -0.25) is 4.98 Å². The van der Waals surface area contributed by atoms with Crippen LogP contribution in [-0.2, 0) is 0 Å². The Morgan fingerprint density at radius 3 is 2.56 bits per heavy atom. The molecule has 0 saturated carbocycles. The lowest BCUT2D eigenvalue weighted by atomic mass is 10.0. The lowest BCUT2D eigenvalue weighted by molar-refractivity contribution is 0.378. The van der Waals surface area contributed by atoms with Gasteiger partial charge in [-0.2, -0.15) is 0 Å². The van der Waals surface area contributed by atoms with Crippen LogP contribution in [-0.4, -0.2) is 28.6 Å². The van der Waals surface area contributed by atoms with Crippen molar-refractivity contribution in [1.82, 2.24) is 20.3 Å². The van der Waals surface area contributed by atoms with Crippen molar-refractivity contribution in [3.63, 3.8) is 0 Å². The van der Waals surface area contributed by atoms with E-state index in [2.05, 4.69) is 27.2 Å². The summed E-state index contributed by atoms with van der Waals surface area (Å²) in [7, 11) is 1.55. The lowest BCUT2D eigenvalue weighted by Gasteiger charge is -2.17. The van der Waals surface area contributed by atoms with E-state index < -0.39 is 0 Å². The summed E-state index contributed by atoms with van der Waals surface area (Å²) in [5.41, 5.74) is 2.08. The molecule has 0 aliphatic heterocycles. The number of aromatic nitrogens is 3. The van der Waals surface area contributed by atoms with Crippen molar-refractivity contribution >= 4 is 0 Å². The van der Waals surface area contributed by atoms with Crippen LogP contribution < -0.4 is 10.1 Å². The molecule has 5 heteroatoms. The van der Waals surface area contributed by atoms with E-state index in [0.717, 1.165) is 17.7 Å². The first-order valence-electron chi connectivity index (χ1n) is 5.84. The van der Waals surface area contributed by atoms with Crippen molar-refractivity contribution in [2.45, 2.75) is 13.0 Å². The monoisotopic (exact) mass is 244 g/mol. The minimum absolute atomic E-state index is 0.0506. The highest BCUT2D eigenvalue weighted by Crippen LogP contribution is 2.20. The first-order valence-corrected chi connectivity index (χ1v) is 5.84. The maximum atomic E-state index is 4.96. The molecular weight excluding hydrogens is 228 g/mol. The molecule has 5 nitrogen and oxygen atoms in total. The van der Waals surface area contributed by atoms with E-state index in [-0.39, 0.29) is 6.04 Å². The SMILES string of the molecule is CCNC(c1cccnc1)c1cnc(OC)nc1. The molecule has 2 aromatic heterocycles. The molecule has 0 aliphatic rings. The smallest absolute Gasteiger partial charge is 0.316 e. The Hall–Kier alpha value is -2.01. The van der Waals surface area contributed by atoms with Crippen molar-refractivity contribution in [1.29, 1.82) is 0 Å². The van der Waals surface area contributed by atoms with Crippen LogP contribution >= 0.6 is 0 Å². The molecule has 0 bridgehead atoms. The Morgan fingerprint density at radius 1 is 1.22 bits per heavy atom. The Balaban J connectivity index is 2.29. The highest BCUT2D eigenvalue weighted by molar-refractivity contribution is 5.27. The Morgan fingerprint density at radius 2 is 2.00 bits per heavy atom. The number of methoxy groups -OCH3 is 1. The van der Waals surface area contributed by atoms with E-state index in [1.165, 1.54) is 0 Å². The summed E-state index contributed by atoms with van der Waals surface area (Å²) in [5.74, 6) is 0. The van der Waals surface area contributed by atoms with Crippen LogP contribution in [0.2, 0.25) is 0 Å². The van der Waals surface area contributed by atoms with Crippen LogP contribution in [0.25, 0.3) is 0 Å². The molecule has 0 spiro atoms. The first kappa shape index (κ1) is 12.4. The van der Waals surface area contributed by atoms with Gasteiger partial charge >= 0.3 is 6.01 Å². The zero-order valence-corrected chi connectivity index (χ0v) is 10.5. The predicted molar refractivity (Wildman–Crippen MR) is 68.3 cm³/mol. The molecule has 0 aromatic carbocycles. The molecule has 0 saturated heterocycles. The van der Waals surface area contributed by atoms with Gasteiger partial charge in [-0.25, -0.2) is 9.97 Å². The number of hydrogen-bond acceptors (Lipinski definition) is 5. The normalized spacial score (nSPS) is 12.1. The summed E-state index contributed by atoms with van der Waals surface area (Å²) >= 11 is 0. The summed E-state index contributed by atoms with van der Waals surface area (Å²) in [5, 5.41) is 3.39. The van der Waals surface area contributed by atoms with Crippen LogP contribution in [0.4, 0.5) is 0 Å². The number of nitrogens with one attached hydrogen (secondary N) is 1. The van der Waals surface area contributed by atoms with Crippen molar-refractivity contribution in [3.05, 3.63) is 48.0 Å². The molecule has 94 valence electrons. The quantitative estimate of drug-likeness (QED) is 0.865. The summed E-state index contributed by atoms with van der Waals surface area (Å²) in [4.78, 5) is 12.4. The maximum absolute atomic E-state index is 4.96. The Bertz CT molecular complexity index is 472. The highest BCUT2D eigenvalue weighted by Gasteiger charge is 2.13. The first-order chi connectivity index (χ1) is 8.85. The summed E-state index contributed by atoms with van der Waals surface area (Å²) < 4.78 is 4.96. The van der Waals surface area contributed by atoms with Gasteiger partial charge in [0.2, 0.25) is 0 Å². The molecule has 2 rings (SSSR count). The molecule has 18 heavy (non-hydrogen) atoms. The van der Waals surface area contributed by atoms with E-state index in [1.807, 2.05) is 18.3 Å². The van der Waals surface area contributed by atoms with Gasteiger partial charge in [-0.05, 0) is 18.2 Å². The molecule has 0 amide bonds. The van der Waals surface area contributed by atoms with Crippen molar-refractivity contribution < 1.29 is 4.74 Å². The van der Waals surface area contributed by atoms with E-state index in [1.54, 1.807) is 25.7 Å². The van der Waals surface area contributed by atoms with Crippen LogP contribution in [0.1, 0.15) is 24.1 Å². The van der Waals surface area contributed by atoms with E-state index >= 15 is 0 Å². The fourth-order valence-corrected chi connectivity index (χ4v) is 1.76. The van der Waals surface area contributed by atoms with Crippen LogP contribution in [0, 0.1) is 0 Å². The van der Waals surface area contributed by atoms with E-state index in [0.29, 0.717) is 6.01 Å². The standard InChI is InChI=1S/C13H16N4O/c1-3-15-12(10-5-4-6-14-7-10)11-8-16-13(18-2)17-9-11/h4-9,12,15H,3H2,1-2H3. The summed E-state index contributed by atoms with van der Waals surface area (Å²) in [6.45, 7) is 2.92. The molecule has 0 fully saturated rings. The van der Waals surface area contributed by atoms with Crippen LogP contribution in [0.3, 0.4) is 0 Å². The average Bonchev–Trinajstić information content (AvgIpc) is 2.46. The largest absolute Gasteiger partial charge is 0.467 e. The minimum Gasteiger partial charge on any atom is -0.467 e. The second kappa shape index (κ2) is 6.07. The topological polar surface area (TPSA) is 59.9 Å². The van der Waals surface area contributed by atoms with Gasteiger partial charge in [0.1, 0.15) is 0 Å². The third-order valence-electron chi connectivity index (χ3n) is 2.59. The molecule has 2 heterocycles. The molecule has 0 aliphatic carbocycles. The summed E-state index contributed by atoms with van der Waals surface area (Å²) in [6, 6.07) is 4.38. The predicted octanol–water partition coefficient (Wildman–Crippen LogP) is 1.58. The van der Waals surface area contributed by atoms with Gasteiger partial charge in [0.25, 0.3) is 0 Å². The van der Waals surface area contributed by atoms with Crippen LogP contribution in [0.5, 0.6) is 6.01 Å². The van der Waals surface area contributed by atoms with Crippen LogP contribution in [0.15, 0.2) is 36.9 Å². The minimum atomic E-state index is 0.0506. The van der Waals surface area contributed by atoms with E-state index in [4.69, 9.17) is 4.74 Å². The Kier molecular flexibility index (Phi) is 4.20. The fraction of sp³-hybridized carbons (Fsp3) is 0.308. The molecule has 2 aromatic rings. The van der Waals surface area contributed by atoms with E-state index in [9.17, 15) is 0 Å². The summed E-state index contributed by atoms with van der Waals surface area (Å²) in [6.07, 6.45) is 7.15. The number of nitrogens with zero attached hydrogens (tertiary/aromatic N) is 3. The van der Waals surface area contributed by atoms with Gasteiger partial charge < -0.3 is 10.1 Å². The third-order valence-corrected chi connectivity index (χ3v) is 2.59. The number of rotatable bonds is 5. The fourth-order valence-electron chi connectivity index (χ4n) is 1.76. The van der Waals surface area contributed by atoms with Crippen molar-refractivity contribution in [2.75, 3.05) is 13.7 Å². The number of hydrogen-bond donors (Lipinski definition) is 1. The van der Waals surface area contributed by atoms with Gasteiger partial charge in [0, 0.05) is 30.4 Å². The molecular formula is C13H16N4O. The van der Waals surface area contributed by atoms with Crippen molar-refractivity contribution in [3.8, 4) is 6.01 Å². The molecule has 1 N–H and O–H groups in total. The Labute approximate surface area is 106 Å². The van der Waals surface area contributed by atoms with Gasteiger partial charge in [0.05, 0.1) is 13.2 Å². The number of pyridine rings is 1. The van der Waals surface area contributed by atoms with Gasteiger partial charge in [-0.1, -0.05) is 13.0 Å². The molecule has 0 radical (unpaired) electrons. The zero-order valence-electron chi connectivity index (χ0n) is 10.5. The zero-order chi connectivity index (χ0) is 12.8. The van der Waals surface area contributed by atoms with Crippen molar-refractivity contribution in [2.24, 2.45) is 0 Å². The number of ether oxygens (including phenoxy) is 1. The molecule has 1 atom stereocenters. The second-order valence-corrected chi connectivity index (χ2v) is 3.78. The lowest BCUT2D eigenvalue weighted by Crippen LogP contribution is -2.22. The van der Waals surface area contributed by atoms with Gasteiger partial charge in [-0.15, -0.1) is 0 Å². The highest BCUT2D eigenvalue weighted by atomic mass is 16.5. The average molecular weight is 244 g/mol. The second-order valence-electron chi connectivity index (χ2n) is 3.78. The van der Waals surface area contributed by atoms with Gasteiger partial charge in [0.15, 0.2) is 0 Å². The maximum Gasteiger partial charge on any atom is 0.316 e. The third kappa shape index (κ3) is 2.81.